The summed E-state index contributed by atoms with van der Waals surface area (Å²) in [5, 5.41) is 9.68. The molecule has 0 aliphatic carbocycles. The monoisotopic (exact) mass is 298 g/mol. The molecule has 0 fully saturated rings. The Hall–Kier alpha value is -1.98. The first-order valence-electron chi connectivity index (χ1n) is 7.67. The van der Waals surface area contributed by atoms with Crippen molar-refractivity contribution in [2.24, 2.45) is 0 Å². The van der Waals surface area contributed by atoms with E-state index in [-0.39, 0.29) is 12.6 Å². The van der Waals surface area contributed by atoms with Crippen molar-refractivity contribution in [1.82, 2.24) is 14.9 Å². The van der Waals surface area contributed by atoms with Crippen LogP contribution in [-0.2, 0) is 13.1 Å². The van der Waals surface area contributed by atoms with Crippen molar-refractivity contribution >= 4 is 5.82 Å². The Morgan fingerprint density at radius 1 is 1.27 bits per heavy atom. The number of fused-ring (bicyclic) bond motifs is 1. The van der Waals surface area contributed by atoms with Crippen LogP contribution < -0.4 is 4.90 Å². The summed E-state index contributed by atoms with van der Waals surface area (Å²) in [6.07, 6.45) is 6.45. The summed E-state index contributed by atoms with van der Waals surface area (Å²) in [6.45, 7) is 2.82. The minimum atomic E-state index is 0.102. The van der Waals surface area contributed by atoms with Crippen LogP contribution in [0.2, 0.25) is 0 Å². The van der Waals surface area contributed by atoms with E-state index in [0.717, 1.165) is 31.9 Å². The van der Waals surface area contributed by atoms with Crippen molar-refractivity contribution in [3.63, 3.8) is 0 Å². The zero-order valence-electron chi connectivity index (χ0n) is 12.9. The van der Waals surface area contributed by atoms with Crippen LogP contribution in [0.4, 0.5) is 5.82 Å². The molecule has 1 aliphatic rings. The van der Waals surface area contributed by atoms with Crippen LogP contribution in [0, 0.1) is 0 Å². The largest absolute Gasteiger partial charge is 0.394 e. The molecule has 1 atom stereocenters. The molecule has 22 heavy (non-hydrogen) atoms. The minimum absolute atomic E-state index is 0.102. The molecule has 2 aromatic heterocycles. The second-order valence-electron chi connectivity index (χ2n) is 5.79. The van der Waals surface area contributed by atoms with Gasteiger partial charge in [0.2, 0.25) is 0 Å². The lowest BCUT2D eigenvalue weighted by atomic mass is 10.1. The van der Waals surface area contributed by atoms with Gasteiger partial charge in [0, 0.05) is 50.8 Å². The first-order chi connectivity index (χ1) is 10.8. The van der Waals surface area contributed by atoms with Crippen molar-refractivity contribution in [2.45, 2.75) is 25.6 Å². The maximum absolute atomic E-state index is 9.68. The molecule has 0 unspecified atom stereocenters. The third kappa shape index (κ3) is 3.26. The highest BCUT2D eigenvalue weighted by molar-refractivity contribution is 5.47. The van der Waals surface area contributed by atoms with Gasteiger partial charge in [0.05, 0.1) is 12.6 Å². The Labute approximate surface area is 131 Å². The molecular weight excluding hydrogens is 276 g/mol. The topological polar surface area (TPSA) is 52.5 Å². The fraction of sp³-hybridized carbons (Fsp3) is 0.412. The number of hydrogen-bond donors (Lipinski definition) is 1. The van der Waals surface area contributed by atoms with E-state index in [0.29, 0.717) is 0 Å². The molecule has 1 N–H and O–H groups in total. The van der Waals surface area contributed by atoms with E-state index in [1.54, 1.807) is 6.20 Å². The van der Waals surface area contributed by atoms with Crippen molar-refractivity contribution in [1.29, 1.82) is 0 Å². The molecule has 0 radical (unpaired) electrons. The molecule has 5 nitrogen and oxygen atoms in total. The molecule has 0 bridgehead atoms. The van der Waals surface area contributed by atoms with Gasteiger partial charge in [-0.2, -0.15) is 0 Å². The Bertz CT molecular complexity index is 605. The fourth-order valence-corrected chi connectivity index (χ4v) is 2.99. The molecule has 116 valence electrons. The van der Waals surface area contributed by atoms with E-state index in [1.807, 2.05) is 31.6 Å². The van der Waals surface area contributed by atoms with Gasteiger partial charge < -0.3 is 10.0 Å². The van der Waals surface area contributed by atoms with Crippen molar-refractivity contribution < 1.29 is 5.11 Å². The molecule has 3 rings (SSSR count). The maximum atomic E-state index is 9.68. The van der Waals surface area contributed by atoms with Crippen molar-refractivity contribution in [2.75, 3.05) is 25.1 Å². The minimum Gasteiger partial charge on any atom is -0.394 e. The highest BCUT2D eigenvalue weighted by atomic mass is 16.3. The Kier molecular flexibility index (Phi) is 4.65. The van der Waals surface area contributed by atoms with E-state index in [2.05, 4.69) is 31.9 Å². The maximum Gasteiger partial charge on any atom is 0.133 e. The molecule has 2 aromatic rings. The van der Waals surface area contributed by atoms with E-state index in [1.165, 1.54) is 11.1 Å². The Morgan fingerprint density at radius 3 is 2.91 bits per heavy atom. The summed E-state index contributed by atoms with van der Waals surface area (Å²) in [6, 6.07) is 8.27. The van der Waals surface area contributed by atoms with Gasteiger partial charge in [-0.25, -0.2) is 4.98 Å². The molecule has 1 aliphatic heterocycles. The predicted molar refractivity (Wildman–Crippen MR) is 86.5 cm³/mol. The standard InChI is InChI=1S/C17H22N4O/c1-20-16(13-22)6-9-21(11-14-4-2-7-18-10-14)12-15-5-3-8-19-17(15)20/h2-5,7-8,10,16,22H,6,9,11-13H2,1H3/t16-/m0/s1. The normalized spacial score (nSPS) is 19.4. The van der Waals surface area contributed by atoms with Crippen LogP contribution in [0.1, 0.15) is 17.5 Å². The highest BCUT2D eigenvalue weighted by Crippen LogP contribution is 2.24. The third-order valence-corrected chi connectivity index (χ3v) is 4.26. The van der Waals surface area contributed by atoms with Gasteiger partial charge in [0.15, 0.2) is 0 Å². The number of pyridine rings is 2. The zero-order valence-corrected chi connectivity index (χ0v) is 12.9. The summed E-state index contributed by atoms with van der Waals surface area (Å²) in [4.78, 5) is 13.2. The number of anilines is 1. The van der Waals surface area contributed by atoms with Crippen molar-refractivity contribution in [3.05, 3.63) is 54.0 Å². The Balaban J connectivity index is 1.85. The lowest BCUT2D eigenvalue weighted by Crippen LogP contribution is -2.41. The SMILES string of the molecule is CN1c2ncccc2CN(Cc2cccnc2)CC[C@H]1CO. The first-order valence-corrected chi connectivity index (χ1v) is 7.67. The molecule has 5 heteroatoms. The lowest BCUT2D eigenvalue weighted by Gasteiger charge is -2.35. The first kappa shape index (κ1) is 14.9. The predicted octanol–water partition coefficient (Wildman–Crippen LogP) is 1.68. The molecule has 0 aromatic carbocycles. The molecular formula is C17H22N4O. The van der Waals surface area contributed by atoms with Gasteiger partial charge in [0.1, 0.15) is 5.82 Å². The van der Waals surface area contributed by atoms with E-state index in [4.69, 9.17) is 0 Å². The second-order valence-corrected chi connectivity index (χ2v) is 5.79. The van der Waals surface area contributed by atoms with Gasteiger partial charge in [-0.15, -0.1) is 0 Å². The van der Waals surface area contributed by atoms with Crippen molar-refractivity contribution in [3.8, 4) is 0 Å². The molecule has 3 heterocycles. The molecule has 0 saturated heterocycles. The number of aliphatic hydroxyl groups excluding tert-OH is 1. The van der Waals surface area contributed by atoms with Crippen LogP contribution in [-0.4, -0.2) is 46.2 Å². The molecule has 0 amide bonds. The average molecular weight is 298 g/mol. The number of hydrogen-bond acceptors (Lipinski definition) is 5. The van der Waals surface area contributed by atoms with Crippen LogP contribution in [0.15, 0.2) is 42.9 Å². The number of aliphatic hydroxyl groups is 1. The van der Waals surface area contributed by atoms with Gasteiger partial charge in [0.25, 0.3) is 0 Å². The highest BCUT2D eigenvalue weighted by Gasteiger charge is 2.23. The van der Waals surface area contributed by atoms with Gasteiger partial charge >= 0.3 is 0 Å². The van der Waals surface area contributed by atoms with E-state index < -0.39 is 0 Å². The summed E-state index contributed by atoms with van der Waals surface area (Å²) < 4.78 is 0. The zero-order chi connectivity index (χ0) is 15.4. The summed E-state index contributed by atoms with van der Waals surface area (Å²) in [5.41, 5.74) is 2.41. The smallest absolute Gasteiger partial charge is 0.133 e. The van der Waals surface area contributed by atoms with Gasteiger partial charge in [-0.3, -0.25) is 9.88 Å². The summed E-state index contributed by atoms with van der Waals surface area (Å²) in [5.74, 6) is 0.970. The quantitative estimate of drug-likeness (QED) is 0.934. The van der Waals surface area contributed by atoms with Crippen LogP contribution in [0.5, 0.6) is 0 Å². The molecule has 0 spiro atoms. The molecule has 0 saturated carbocycles. The number of nitrogens with zero attached hydrogens (tertiary/aromatic N) is 4. The third-order valence-electron chi connectivity index (χ3n) is 4.26. The fourth-order valence-electron chi connectivity index (χ4n) is 2.99. The summed E-state index contributed by atoms with van der Waals surface area (Å²) >= 11 is 0. The van der Waals surface area contributed by atoms with Crippen LogP contribution in [0.25, 0.3) is 0 Å². The number of aromatic nitrogens is 2. The van der Waals surface area contributed by atoms with Gasteiger partial charge in [-0.05, 0) is 24.1 Å². The van der Waals surface area contributed by atoms with E-state index in [9.17, 15) is 5.11 Å². The van der Waals surface area contributed by atoms with E-state index >= 15 is 0 Å². The Morgan fingerprint density at radius 2 is 2.14 bits per heavy atom. The van der Waals surface area contributed by atoms with Crippen LogP contribution >= 0.6 is 0 Å². The van der Waals surface area contributed by atoms with Gasteiger partial charge in [-0.1, -0.05) is 12.1 Å². The summed E-state index contributed by atoms with van der Waals surface area (Å²) in [7, 11) is 2.02. The lowest BCUT2D eigenvalue weighted by molar-refractivity contribution is 0.205. The number of rotatable bonds is 3. The van der Waals surface area contributed by atoms with Crippen LogP contribution in [0.3, 0.4) is 0 Å². The second kappa shape index (κ2) is 6.85. The average Bonchev–Trinajstić information content (AvgIpc) is 2.55. The number of likely N-dealkylation sites (N-methyl/N-ethyl adjacent to an activating group) is 1.